The van der Waals surface area contributed by atoms with Gasteiger partial charge in [0.25, 0.3) is 0 Å². The molecule has 3 rings (SSSR count). The van der Waals surface area contributed by atoms with Gasteiger partial charge in [0.15, 0.2) is 0 Å². The van der Waals surface area contributed by atoms with Gasteiger partial charge in [-0.15, -0.1) is 0 Å². The highest BCUT2D eigenvalue weighted by atomic mass is 31.2. The molecule has 0 heterocycles. The highest BCUT2D eigenvalue weighted by Gasteiger charge is 2.28. The van der Waals surface area contributed by atoms with Gasteiger partial charge in [0.05, 0.1) is 38.8 Å². The molecule has 0 aliphatic heterocycles. The van der Waals surface area contributed by atoms with Crippen molar-refractivity contribution >= 4 is 39.0 Å². The van der Waals surface area contributed by atoms with Gasteiger partial charge in [-0.05, 0) is 74.8 Å². The molecule has 0 amide bonds. The molecule has 0 N–H and O–H groups in total. The van der Waals surface area contributed by atoms with Crippen LogP contribution in [0.1, 0.15) is 38.8 Å². The smallest absolute Gasteiger partial charge is 0.309 e. The van der Waals surface area contributed by atoms with Crippen molar-refractivity contribution in [1.82, 2.24) is 0 Å². The van der Waals surface area contributed by atoms with Crippen LogP contribution < -0.4 is 15.9 Å². The van der Waals surface area contributed by atoms with E-state index in [0.29, 0.717) is 0 Å². The first-order chi connectivity index (χ1) is 17.8. The lowest BCUT2D eigenvalue weighted by atomic mass is 10.2. The molecular formula is C28H37O6P3. The summed E-state index contributed by atoms with van der Waals surface area (Å²) >= 11 is 0. The summed E-state index contributed by atoms with van der Waals surface area (Å²) in [6.45, 7) is 8.36. The quantitative estimate of drug-likeness (QED) is 0.186. The Morgan fingerprint density at radius 2 is 0.892 bits per heavy atom. The second kappa shape index (κ2) is 14.5. The van der Waals surface area contributed by atoms with Crippen LogP contribution in [0.15, 0.2) is 78.9 Å². The predicted molar refractivity (Wildman–Crippen MR) is 154 cm³/mol. The van der Waals surface area contributed by atoms with E-state index in [1.807, 2.05) is 42.5 Å². The fourth-order valence-corrected chi connectivity index (χ4v) is 9.92. The maximum absolute atomic E-state index is 13.5. The van der Waals surface area contributed by atoms with Crippen LogP contribution in [0.3, 0.4) is 0 Å². The monoisotopic (exact) mass is 562 g/mol. The normalized spacial score (nSPS) is 12.2. The molecule has 0 unspecified atom stereocenters. The van der Waals surface area contributed by atoms with Crippen LogP contribution >= 0.6 is 23.1 Å². The fourth-order valence-electron chi connectivity index (χ4n) is 4.15. The second-order valence-electron chi connectivity index (χ2n) is 8.22. The third-order valence-corrected chi connectivity index (χ3v) is 11.9. The summed E-state index contributed by atoms with van der Waals surface area (Å²) in [5.41, 5.74) is 1.60. The Bertz CT molecular complexity index is 1090. The minimum atomic E-state index is -3.36. The molecular weight excluding hydrogens is 525 g/mol. The maximum Gasteiger partial charge on any atom is 0.335 e. The van der Waals surface area contributed by atoms with Crippen molar-refractivity contribution in [2.75, 3.05) is 26.4 Å². The van der Waals surface area contributed by atoms with Crippen molar-refractivity contribution in [2.45, 2.75) is 40.0 Å². The van der Waals surface area contributed by atoms with Crippen molar-refractivity contribution < 1.29 is 27.2 Å². The van der Waals surface area contributed by atoms with Gasteiger partial charge in [0, 0.05) is 0 Å². The highest BCUT2D eigenvalue weighted by Crippen LogP contribution is 2.53. The van der Waals surface area contributed by atoms with E-state index in [4.69, 9.17) is 18.1 Å². The Morgan fingerprint density at radius 3 is 1.22 bits per heavy atom. The van der Waals surface area contributed by atoms with Crippen LogP contribution in [0.4, 0.5) is 0 Å². The van der Waals surface area contributed by atoms with E-state index < -0.39 is 23.1 Å². The van der Waals surface area contributed by atoms with Crippen LogP contribution in [0.2, 0.25) is 0 Å². The molecule has 0 atom stereocenters. The third kappa shape index (κ3) is 8.70. The van der Waals surface area contributed by atoms with E-state index in [1.54, 1.807) is 27.7 Å². The summed E-state index contributed by atoms with van der Waals surface area (Å²) in [4.78, 5) is 0. The topological polar surface area (TPSA) is 71.1 Å². The van der Waals surface area contributed by atoms with Gasteiger partial charge in [-0.3, -0.25) is 9.13 Å². The third-order valence-electron chi connectivity index (χ3n) is 5.38. The molecule has 3 aromatic rings. The van der Waals surface area contributed by atoms with Crippen molar-refractivity contribution in [2.24, 2.45) is 0 Å². The predicted octanol–water partition coefficient (Wildman–Crippen LogP) is 6.98. The Labute approximate surface area is 222 Å². The summed E-state index contributed by atoms with van der Waals surface area (Å²) in [5.74, 6) is 0. The molecule has 0 saturated heterocycles. The highest BCUT2D eigenvalue weighted by molar-refractivity contribution is 7.79. The van der Waals surface area contributed by atoms with Gasteiger partial charge < -0.3 is 18.1 Å². The van der Waals surface area contributed by atoms with Crippen molar-refractivity contribution in [3.8, 4) is 0 Å². The first-order valence-corrected chi connectivity index (χ1v) is 17.4. The molecule has 0 bridgehead atoms. The van der Waals surface area contributed by atoms with Gasteiger partial charge in [0.1, 0.15) is 0 Å². The van der Waals surface area contributed by atoms with Crippen LogP contribution in [0.25, 0.3) is 0 Å². The van der Waals surface area contributed by atoms with Gasteiger partial charge in [-0.1, -0.05) is 66.7 Å². The SMILES string of the molecule is CCOP(=O)(Cc1cc(CP(=O)(OCC)OCC)cc(P(c2ccccc2)c2ccccc2)c1)OCC. The van der Waals surface area contributed by atoms with Gasteiger partial charge in [0.2, 0.25) is 0 Å². The molecule has 6 nitrogen and oxygen atoms in total. The largest absolute Gasteiger partial charge is 0.335 e. The number of hydrogen-bond acceptors (Lipinski definition) is 6. The summed E-state index contributed by atoms with van der Waals surface area (Å²) < 4.78 is 49.3. The van der Waals surface area contributed by atoms with Gasteiger partial charge in [-0.2, -0.15) is 0 Å². The van der Waals surface area contributed by atoms with E-state index >= 15 is 0 Å². The summed E-state index contributed by atoms with van der Waals surface area (Å²) in [6, 6.07) is 26.7. The molecule has 0 aromatic heterocycles. The first-order valence-electron chi connectivity index (χ1n) is 12.6. The molecule has 37 heavy (non-hydrogen) atoms. The zero-order chi connectivity index (χ0) is 26.7. The molecule has 200 valence electrons. The van der Waals surface area contributed by atoms with E-state index in [1.165, 1.54) is 10.6 Å². The van der Waals surface area contributed by atoms with Crippen LogP contribution in [0, 0.1) is 0 Å². The average molecular weight is 563 g/mol. The number of benzene rings is 3. The molecule has 0 saturated carbocycles. The second-order valence-corrected chi connectivity index (χ2v) is 14.6. The van der Waals surface area contributed by atoms with Crippen LogP contribution in [-0.4, -0.2) is 26.4 Å². The van der Waals surface area contributed by atoms with Gasteiger partial charge in [-0.25, -0.2) is 0 Å². The lowest BCUT2D eigenvalue weighted by Gasteiger charge is -2.23. The van der Waals surface area contributed by atoms with Crippen molar-refractivity contribution in [1.29, 1.82) is 0 Å². The number of hydrogen-bond donors (Lipinski definition) is 0. The molecule has 0 spiro atoms. The minimum Gasteiger partial charge on any atom is -0.309 e. The van der Waals surface area contributed by atoms with E-state index in [2.05, 4.69) is 36.4 Å². The molecule has 0 radical (unpaired) electrons. The average Bonchev–Trinajstić information content (AvgIpc) is 2.86. The van der Waals surface area contributed by atoms with Crippen molar-refractivity contribution in [3.63, 3.8) is 0 Å². The van der Waals surface area contributed by atoms with E-state index in [0.717, 1.165) is 16.4 Å². The minimum absolute atomic E-state index is 0.121. The Hall–Kier alpha value is -1.61. The molecule has 3 aromatic carbocycles. The first kappa shape index (κ1) is 29.9. The van der Waals surface area contributed by atoms with Crippen LogP contribution in [0.5, 0.6) is 0 Å². The Balaban J connectivity index is 2.17. The summed E-state index contributed by atoms with van der Waals surface area (Å²) in [6.07, 6.45) is 0.242. The zero-order valence-corrected chi connectivity index (χ0v) is 24.7. The molecule has 0 aliphatic rings. The lowest BCUT2D eigenvalue weighted by Crippen LogP contribution is -2.21. The van der Waals surface area contributed by atoms with Gasteiger partial charge >= 0.3 is 15.2 Å². The number of rotatable bonds is 15. The van der Waals surface area contributed by atoms with Crippen LogP contribution in [-0.2, 0) is 39.5 Å². The maximum atomic E-state index is 13.5. The zero-order valence-electron chi connectivity index (χ0n) is 22.0. The fraction of sp³-hybridized carbons (Fsp3) is 0.357. The molecule has 0 aliphatic carbocycles. The Kier molecular flexibility index (Phi) is 11.7. The van der Waals surface area contributed by atoms with E-state index in [-0.39, 0.29) is 38.8 Å². The Morgan fingerprint density at radius 1 is 0.541 bits per heavy atom. The van der Waals surface area contributed by atoms with Crippen molar-refractivity contribution in [3.05, 3.63) is 90.0 Å². The molecule has 9 heteroatoms. The molecule has 0 fully saturated rings. The standard InChI is InChI=1S/C28H37O6P3/c1-5-31-36(29,32-6-2)22-24-19-25(23-37(30,33-7-3)34-8-4)21-28(20-24)35(26-15-11-9-12-16-26)27-17-13-10-14-18-27/h9-21H,5-8,22-23H2,1-4H3. The van der Waals surface area contributed by atoms with E-state index in [9.17, 15) is 9.13 Å². The summed E-state index contributed by atoms with van der Waals surface area (Å²) in [5, 5.41) is 3.42. The summed E-state index contributed by atoms with van der Waals surface area (Å²) in [7, 11) is -7.65. The lowest BCUT2D eigenvalue weighted by molar-refractivity contribution is 0.218.